The number of ether oxygens (including phenoxy) is 3. The molecule has 1 heterocycles. The molecule has 1 aliphatic carbocycles. The molecule has 1 unspecified atom stereocenters. The van der Waals surface area contributed by atoms with Crippen molar-refractivity contribution in [2.24, 2.45) is 5.92 Å². The quantitative estimate of drug-likeness (QED) is 0.202. The number of amides is 2. The largest absolute Gasteiger partial charge is 0.443 e. The first-order valence-corrected chi connectivity index (χ1v) is 14.8. The van der Waals surface area contributed by atoms with E-state index in [-0.39, 0.29) is 22.9 Å². The smallest absolute Gasteiger partial charge is 0.414 e. The third-order valence-electron chi connectivity index (χ3n) is 7.12. The van der Waals surface area contributed by atoms with Crippen molar-refractivity contribution in [2.45, 2.75) is 75.3 Å². The first-order chi connectivity index (χ1) is 17.0. The SMILES string of the molecule is CO[C@@H]1[C@H](OC(=O)NC(=O)CCl)CC[C@](O)(C[S+](C)Cc2ccccc2)[C@H]1[C@]1(C)O[C@@H]1CC=C(C)C. The molecule has 2 amide bonds. The number of carbonyl (C=O) groups excluding carboxylic acids is 2. The van der Waals surface area contributed by atoms with Gasteiger partial charge >= 0.3 is 6.09 Å². The number of epoxide rings is 1. The van der Waals surface area contributed by atoms with Crippen molar-refractivity contribution in [2.75, 3.05) is 25.0 Å². The van der Waals surface area contributed by atoms with Gasteiger partial charge in [-0.2, -0.15) is 0 Å². The summed E-state index contributed by atoms with van der Waals surface area (Å²) in [5.74, 6) is 0.0643. The van der Waals surface area contributed by atoms with Crippen molar-refractivity contribution >= 4 is 34.5 Å². The van der Waals surface area contributed by atoms with Crippen LogP contribution in [0.25, 0.3) is 0 Å². The molecule has 1 aromatic carbocycles. The average Bonchev–Trinajstić information content (AvgIpc) is 3.49. The maximum absolute atomic E-state index is 12.3. The lowest BCUT2D eigenvalue weighted by Gasteiger charge is -2.48. The van der Waals surface area contributed by atoms with Crippen molar-refractivity contribution in [1.29, 1.82) is 0 Å². The minimum absolute atomic E-state index is 0.0697. The fraction of sp³-hybridized carbons (Fsp3) is 0.630. The standard InChI is InChI=1S/C27H38ClNO6S/c1-18(2)11-12-21-26(3,35-21)24-23(33-4)20(34-25(31)29-22(30)15-28)13-14-27(24,32)17-36(5)16-19-9-7-6-8-10-19/h6-11,20-21,23-24,32H,12-17H2,1-5H3/p+1/t20-,21-,23-,24-,26-,27+,36?/m1/s1. The van der Waals surface area contributed by atoms with E-state index >= 15 is 0 Å². The van der Waals surface area contributed by atoms with Crippen molar-refractivity contribution in [1.82, 2.24) is 5.32 Å². The first kappa shape index (κ1) is 29.0. The molecule has 1 saturated carbocycles. The molecule has 7 atom stereocenters. The molecule has 2 aliphatic rings. The lowest BCUT2D eigenvalue weighted by Crippen LogP contribution is -2.63. The third-order valence-corrected chi connectivity index (χ3v) is 9.18. The highest BCUT2D eigenvalue weighted by Gasteiger charge is 2.68. The number of alkyl carbamates (subject to hydrolysis) is 1. The highest BCUT2D eigenvalue weighted by atomic mass is 35.5. The molecule has 1 aromatic rings. The summed E-state index contributed by atoms with van der Waals surface area (Å²) in [6.07, 6.45) is 3.72. The van der Waals surface area contributed by atoms with Crippen LogP contribution in [0, 0.1) is 5.92 Å². The van der Waals surface area contributed by atoms with Crippen LogP contribution in [0.3, 0.4) is 0 Å². The number of rotatable bonds is 10. The molecule has 1 saturated heterocycles. The van der Waals surface area contributed by atoms with Gasteiger partial charge in [-0.1, -0.05) is 42.0 Å². The van der Waals surface area contributed by atoms with Crippen LogP contribution in [0.4, 0.5) is 4.79 Å². The number of hydrogen-bond donors (Lipinski definition) is 2. The van der Waals surface area contributed by atoms with Gasteiger partial charge in [-0.05, 0) is 50.9 Å². The highest BCUT2D eigenvalue weighted by molar-refractivity contribution is 7.95. The summed E-state index contributed by atoms with van der Waals surface area (Å²) in [4.78, 5) is 23.9. The molecule has 2 N–H and O–H groups in total. The topological polar surface area (TPSA) is 97.4 Å². The molecule has 36 heavy (non-hydrogen) atoms. The zero-order valence-electron chi connectivity index (χ0n) is 21.8. The van der Waals surface area contributed by atoms with E-state index in [9.17, 15) is 14.7 Å². The lowest BCUT2D eigenvalue weighted by atomic mass is 9.66. The number of benzene rings is 1. The molecular weight excluding hydrogens is 502 g/mol. The summed E-state index contributed by atoms with van der Waals surface area (Å²) in [6, 6.07) is 10.3. The van der Waals surface area contributed by atoms with Gasteiger partial charge in [0.2, 0.25) is 5.91 Å². The number of nitrogens with one attached hydrogen (secondary N) is 1. The maximum Gasteiger partial charge on any atom is 0.414 e. The molecule has 9 heteroatoms. The van der Waals surface area contributed by atoms with E-state index in [1.54, 1.807) is 7.11 Å². The number of imide groups is 1. The van der Waals surface area contributed by atoms with Gasteiger partial charge in [0.1, 0.15) is 40.8 Å². The summed E-state index contributed by atoms with van der Waals surface area (Å²) in [6.45, 7) is 6.11. The van der Waals surface area contributed by atoms with Gasteiger partial charge in [0.05, 0.1) is 18.3 Å². The Morgan fingerprint density at radius 1 is 1.31 bits per heavy atom. The monoisotopic (exact) mass is 540 g/mol. The Labute approximate surface area is 222 Å². The van der Waals surface area contributed by atoms with E-state index < -0.39 is 41.3 Å². The van der Waals surface area contributed by atoms with Crippen molar-refractivity contribution in [3.8, 4) is 0 Å². The summed E-state index contributed by atoms with van der Waals surface area (Å²) >= 11 is 5.50. The van der Waals surface area contributed by atoms with Gasteiger partial charge in [0.25, 0.3) is 0 Å². The summed E-state index contributed by atoms with van der Waals surface area (Å²) in [7, 11) is 1.46. The Bertz CT molecular complexity index is 941. The van der Waals surface area contributed by atoms with Gasteiger partial charge in [-0.25, -0.2) is 4.79 Å². The zero-order valence-corrected chi connectivity index (χ0v) is 23.4. The molecule has 200 valence electrons. The fourth-order valence-corrected chi connectivity index (χ4v) is 7.60. The van der Waals surface area contributed by atoms with E-state index in [1.807, 2.05) is 39.0 Å². The van der Waals surface area contributed by atoms with E-state index in [2.05, 4.69) is 29.8 Å². The number of aliphatic hydroxyl groups is 1. The van der Waals surface area contributed by atoms with Crippen LogP contribution < -0.4 is 5.32 Å². The number of halogens is 1. The second-order valence-electron chi connectivity index (χ2n) is 10.3. The molecule has 2 fully saturated rings. The Kier molecular flexibility index (Phi) is 9.91. The molecule has 0 bridgehead atoms. The Balaban J connectivity index is 1.84. The predicted octanol–water partition coefficient (Wildman–Crippen LogP) is 3.96. The van der Waals surface area contributed by atoms with Crippen molar-refractivity contribution < 1.29 is 28.9 Å². The Morgan fingerprint density at radius 2 is 2.00 bits per heavy atom. The van der Waals surface area contributed by atoms with Gasteiger partial charge in [0, 0.05) is 12.7 Å². The number of carbonyl (C=O) groups is 2. The molecule has 3 rings (SSSR count). The Hall–Kier alpha value is -1.58. The number of alkyl halides is 1. The first-order valence-electron chi connectivity index (χ1n) is 12.3. The van der Waals surface area contributed by atoms with E-state index in [4.69, 9.17) is 25.8 Å². The van der Waals surface area contributed by atoms with E-state index in [0.717, 1.165) is 12.2 Å². The maximum atomic E-state index is 12.3. The second-order valence-corrected chi connectivity index (χ2v) is 12.7. The number of methoxy groups -OCH3 is 1. The molecule has 0 spiro atoms. The summed E-state index contributed by atoms with van der Waals surface area (Å²) < 4.78 is 17.8. The van der Waals surface area contributed by atoms with Gasteiger partial charge in [-0.3, -0.25) is 10.1 Å². The van der Waals surface area contributed by atoms with Crippen LogP contribution in [-0.2, 0) is 35.7 Å². The average molecular weight is 541 g/mol. The summed E-state index contributed by atoms with van der Waals surface area (Å²) in [5, 5.41) is 14.3. The molecule has 7 nitrogen and oxygen atoms in total. The van der Waals surface area contributed by atoms with Crippen molar-refractivity contribution in [3.05, 3.63) is 47.5 Å². The van der Waals surface area contributed by atoms with Crippen LogP contribution in [0.1, 0.15) is 45.6 Å². The van der Waals surface area contributed by atoms with Gasteiger partial charge < -0.3 is 19.3 Å². The molecular formula is C27H39ClNO6S+. The summed E-state index contributed by atoms with van der Waals surface area (Å²) in [5.41, 5.74) is 0.738. The van der Waals surface area contributed by atoms with Crippen LogP contribution in [0.5, 0.6) is 0 Å². The zero-order chi connectivity index (χ0) is 26.5. The van der Waals surface area contributed by atoms with Crippen molar-refractivity contribution in [3.63, 3.8) is 0 Å². The van der Waals surface area contributed by atoms with E-state index in [1.165, 1.54) is 11.1 Å². The molecule has 1 aliphatic heterocycles. The Morgan fingerprint density at radius 3 is 2.61 bits per heavy atom. The van der Waals surface area contributed by atoms with Crippen LogP contribution in [0.15, 0.2) is 42.0 Å². The predicted molar refractivity (Wildman–Crippen MR) is 143 cm³/mol. The van der Waals surface area contributed by atoms with Crippen LogP contribution in [0.2, 0.25) is 0 Å². The number of allylic oxidation sites excluding steroid dienone is 1. The minimum Gasteiger partial charge on any atom is -0.443 e. The number of hydrogen-bond acceptors (Lipinski definition) is 6. The van der Waals surface area contributed by atoms with Gasteiger partial charge in [-0.15, -0.1) is 11.6 Å². The molecule has 0 radical (unpaired) electrons. The lowest BCUT2D eigenvalue weighted by molar-refractivity contribution is -0.170. The highest BCUT2D eigenvalue weighted by Crippen LogP contribution is 2.55. The van der Waals surface area contributed by atoms with Crippen LogP contribution in [-0.4, -0.2) is 71.6 Å². The van der Waals surface area contributed by atoms with Gasteiger partial charge in [0.15, 0.2) is 0 Å². The fourth-order valence-electron chi connectivity index (χ4n) is 5.49. The normalized spacial score (nSPS) is 32.3. The van der Waals surface area contributed by atoms with Crippen LogP contribution >= 0.6 is 11.6 Å². The molecule has 0 aromatic heterocycles. The second kappa shape index (κ2) is 12.3. The van der Waals surface area contributed by atoms with E-state index in [0.29, 0.717) is 18.6 Å². The minimum atomic E-state index is -1.07. The third kappa shape index (κ3) is 7.04.